The Morgan fingerprint density at radius 2 is 2.00 bits per heavy atom. The van der Waals surface area contributed by atoms with E-state index in [-0.39, 0.29) is 24.4 Å². The number of nitrogens with one attached hydrogen (secondary N) is 2. The number of benzene rings is 1. The fourth-order valence-electron chi connectivity index (χ4n) is 2.40. The molecular formula is C17H24Cl2N4O. The molecule has 0 aliphatic rings. The summed E-state index contributed by atoms with van der Waals surface area (Å²) in [5.41, 5.74) is 3.19. The van der Waals surface area contributed by atoms with Crippen LogP contribution in [0.25, 0.3) is 0 Å². The third-order valence-corrected chi connectivity index (χ3v) is 4.32. The second kappa shape index (κ2) is 9.06. The predicted octanol–water partition coefficient (Wildman–Crippen LogP) is 2.96. The van der Waals surface area contributed by atoms with Gasteiger partial charge in [0.25, 0.3) is 5.91 Å². The Hall–Kier alpha value is -1.56. The van der Waals surface area contributed by atoms with Crippen LogP contribution in [0.5, 0.6) is 0 Å². The van der Waals surface area contributed by atoms with Gasteiger partial charge in [-0.15, -0.1) is 12.4 Å². The summed E-state index contributed by atoms with van der Waals surface area (Å²) in [5, 5.41) is 11.2. The zero-order valence-electron chi connectivity index (χ0n) is 14.4. The lowest BCUT2D eigenvalue weighted by atomic mass is 10.1. The molecule has 1 aromatic carbocycles. The van der Waals surface area contributed by atoms with E-state index in [9.17, 15) is 4.79 Å². The van der Waals surface area contributed by atoms with Crippen LogP contribution in [0.1, 0.15) is 34.2 Å². The van der Waals surface area contributed by atoms with Gasteiger partial charge < -0.3 is 10.6 Å². The first kappa shape index (κ1) is 20.5. The minimum absolute atomic E-state index is 0. The lowest BCUT2D eigenvalue weighted by Gasteiger charge is -2.11. The number of carbonyl (C=O) groups is 1. The van der Waals surface area contributed by atoms with Gasteiger partial charge in [0.2, 0.25) is 0 Å². The standard InChI is InChI=1S/C17H23ClN4O.ClH/c1-11(19-4)9-20-17(23)16-12(2)21-22(13(16)3)10-14-7-5-6-8-15(14)18;/h5-8,11,19H,9-10H2,1-4H3,(H,20,23);1H. The molecule has 0 fully saturated rings. The normalized spacial score (nSPS) is 11.7. The molecule has 0 spiro atoms. The van der Waals surface area contributed by atoms with Crippen LogP contribution in [0, 0.1) is 13.8 Å². The van der Waals surface area contributed by atoms with Crippen molar-refractivity contribution in [3.8, 4) is 0 Å². The first-order valence-corrected chi connectivity index (χ1v) is 8.04. The summed E-state index contributed by atoms with van der Waals surface area (Å²) in [6, 6.07) is 7.88. The van der Waals surface area contributed by atoms with Crippen LogP contribution in [-0.4, -0.2) is 35.3 Å². The Balaban J connectivity index is 0.00000288. The SMILES string of the molecule is CNC(C)CNC(=O)c1c(C)nn(Cc2ccccc2Cl)c1C.Cl. The number of rotatable bonds is 6. The number of carbonyl (C=O) groups excluding carboxylic acids is 1. The van der Waals surface area contributed by atoms with Crippen molar-refractivity contribution in [3.63, 3.8) is 0 Å². The second-order valence-corrected chi connectivity index (χ2v) is 6.10. The number of aryl methyl sites for hydroxylation is 1. The van der Waals surface area contributed by atoms with E-state index < -0.39 is 0 Å². The lowest BCUT2D eigenvalue weighted by molar-refractivity contribution is 0.0949. The van der Waals surface area contributed by atoms with Crippen LogP contribution in [-0.2, 0) is 6.54 Å². The van der Waals surface area contributed by atoms with E-state index >= 15 is 0 Å². The summed E-state index contributed by atoms with van der Waals surface area (Å²) >= 11 is 6.21. The highest BCUT2D eigenvalue weighted by Crippen LogP contribution is 2.19. The molecule has 0 aliphatic carbocycles. The van der Waals surface area contributed by atoms with Crippen molar-refractivity contribution in [1.82, 2.24) is 20.4 Å². The van der Waals surface area contributed by atoms with Crippen LogP contribution < -0.4 is 10.6 Å². The van der Waals surface area contributed by atoms with Crippen molar-refractivity contribution in [2.24, 2.45) is 0 Å². The number of hydrogen-bond donors (Lipinski definition) is 2. The fraction of sp³-hybridized carbons (Fsp3) is 0.412. The van der Waals surface area contributed by atoms with Gasteiger partial charge in [0.1, 0.15) is 0 Å². The summed E-state index contributed by atoms with van der Waals surface area (Å²) in [6.45, 7) is 6.90. The fourth-order valence-corrected chi connectivity index (χ4v) is 2.60. The molecule has 2 N–H and O–H groups in total. The number of halogens is 2. The summed E-state index contributed by atoms with van der Waals surface area (Å²) < 4.78 is 1.83. The third-order valence-electron chi connectivity index (χ3n) is 3.95. The molecule has 2 rings (SSSR count). The molecule has 0 radical (unpaired) electrons. The average molecular weight is 371 g/mol. The van der Waals surface area contributed by atoms with Crippen molar-refractivity contribution in [1.29, 1.82) is 0 Å². The number of amides is 1. The highest BCUT2D eigenvalue weighted by Gasteiger charge is 2.19. The minimum atomic E-state index is -0.0903. The van der Waals surface area contributed by atoms with Crippen molar-refractivity contribution in [2.45, 2.75) is 33.4 Å². The summed E-state index contributed by atoms with van der Waals surface area (Å²) in [4.78, 5) is 12.4. The third kappa shape index (κ3) is 4.72. The van der Waals surface area contributed by atoms with Gasteiger partial charge in [0.15, 0.2) is 0 Å². The van der Waals surface area contributed by atoms with E-state index in [1.165, 1.54) is 0 Å². The molecule has 0 aliphatic heterocycles. The molecule has 2 aromatic rings. The average Bonchev–Trinajstić information content (AvgIpc) is 2.81. The largest absolute Gasteiger partial charge is 0.350 e. The molecule has 0 bridgehead atoms. The van der Waals surface area contributed by atoms with E-state index in [0.29, 0.717) is 23.7 Å². The van der Waals surface area contributed by atoms with Gasteiger partial charge in [-0.1, -0.05) is 29.8 Å². The van der Waals surface area contributed by atoms with E-state index in [1.807, 2.05) is 56.8 Å². The minimum Gasteiger partial charge on any atom is -0.350 e. The van der Waals surface area contributed by atoms with Gasteiger partial charge in [-0.2, -0.15) is 5.10 Å². The second-order valence-electron chi connectivity index (χ2n) is 5.69. The zero-order chi connectivity index (χ0) is 17.0. The predicted molar refractivity (Wildman–Crippen MR) is 100 cm³/mol. The van der Waals surface area contributed by atoms with E-state index in [4.69, 9.17) is 11.6 Å². The lowest BCUT2D eigenvalue weighted by Crippen LogP contribution is -2.37. The quantitative estimate of drug-likeness (QED) is 0.821. The maximum absolute atomic E-state index is 12.4. The van der Waals surface area contributed by atoms with Crippen molar-refractivity contribution in [2.75, 3.05) is 13.6 Å². The van der Waals surface area contributed by atoms with Crippen molar-refractivity contribution >= 4 is 29.9 Å². The van der Waals surface area contributed by atoms with Crippen LogP contribution in [0.4, 0.5) is 0 Å². The Kier molecular flexibility index (Phi) is 7.73. The Bertz CT molecular complexity index is 700. The number of nitrogens with zero attached hydrogens (tertiary/aromatic N) is 2. The molecular weight excluding hydrogens is 347 g/mol. The number of hydrogen-bond acceptors (Lipinski definition) is 3. The smallest absolute Gasteiger partial charge is 0.255 e. The van der Waals surface area contributed by atoms with Gasteiger partial charge >= 0.3 is 0 Å². The van der Waals surface area contributed by atoms with E-state index in [2.05, 4.69) is 15.7 Å². The molecule has 0 saturated carbocycles. The van der Waals surface area contributed by atoms with Crippen molar-refractivity contribution < 1.29 is 4.79 Å². The molecule has 1 unspecified atom stereocenters. The Labute approximate surface area is 154 Å². The van der Waals surface area contributed by atoms with Crippen LogP contribution >= 0.6 is 24.0 Å². The topological polar surface area (TPSA) is 58.9 Å². The van der Waals surface area contributed by atoms with Crippen molar-refractivity contribution in [3.05, 3.63) is 51.8 Å². The molecule has 1 heterocycles. The van der Waals surface area contributed by atoms with Crippen LogP contribution in [0.2, 0.25) is 5.02 Å². The number of likely N-dealkylation sites (N-methyl/N-ethyl adjacent to an activating group) is 1. The Morgan fingerprint density at radius 3 is 2.62 bits per heavy atom. The van der Waals surface area contributed by atoms with Crippen LogP contribution in [0.15, 0.2) is 24.3 Å². The highest BCUT2D eigenvalue weighted by molar-refractivity contribution is 6.31. The van der Waals surface area contributed by atoms with E-state index in [1.54, 1.807) is 0 Å². The first-order chi connectivity index (χ1) is 10.9. The molecule has 5 nitrogen and oxygen atoms in total. The first-order valence-electron chi connectivity index (χ1n) is 7.67. The number of aromatic nitrogens is 2. The molecule has 7 heteroatoms. The zero-order valence-corrected chi connectivity index (χ0v) is 16.0. The highest BCUT2D eigenvalue weighted by atomic mass is 35.5. The monoisotopic (exact) mass is 370 g/mol. The van der Waals surface area contributed by atoms with E-state index in [0.717, 1.165) is 17.0 Å². The molecule has 24 heavy (non-hydrogen) atoms. The maximum atomic E-state index is 12.4. The molecule has 1 amide bonds. The Morgan fingerprint density at radius 1 is 1.33 bits per heavy atom. The summed E-state index contributed by atoms with van der Waals surface area (Å²) in [6.07, 6.45) is 0. The molecule has 1 atom stereocenters. The molecule has 0 saturated heterocycles. The molecule has 132 valence electrons. The van der Waals surface area contributed by atoms with Gasteiger partial charge in [-0.05, 0) is 39.4 Å². The summed E-state index contributed by atoms with van der Waals surface area (Å²) in [7, 11) is 1.87. The maximum Gasteiger partial charge on any atom is 0.255 e. The van der Waals surface area contributed by atoms with Gasteiger partial charge in [0, 0.05) is 23.3 Å². The summed E-state index contributed by atoms with van der Waals surface area (Å²) in [5.74, 6) is -0.0903. The van der Waals surface area contributed by atoms with Gasteiger partial charge in [-0.3, -0.25) is 9.48 Å². The van der Waals surface area contributed by atoms with Gasteiger partial charge in [-0.25, -0.2) is 0 Å². The van der Waals surface area contributed by atoms with Gasteiger partial charge in [0.05, 0.1) is 17.8 Å². The molecule has 1 aromatic heterocycles. The van der Waals surface area contributed by atoms with Crippen LogP contribution in [0.3, 0.4) is 0 Å².